The lowest BCUT2D eigenvalue weighted by molar-refractivity contribution is 0.222. The van der Waals surface area contributed by atoms with Crippen LogP contribution in [0, 0.1) is 11.6 Å². The van der Waals surface area contributed by atoms with E-state index in [4.69, 9.17) is 4.74 Å². The van der Waals surface area contributed by atoms with E-state index in [2.05, 4.69) is 15.0 Å². The normalized spacial score (nSPS) is 16.2. The summed E-state index contributed by atoms with van der Waals surface area (Å²) in [5.41, 5.74) is 3.36. The van der Waals surface area contributed by atoms with E-state index in [0.717, 1.165) is 23.1 Å². The molecule has 0 spiro atoms. The van der Waals surface area contributed by atoms with Gasteiger partial charge in [0.1, 0.15) is 11.6 Å². The number of ether oxygens (including phenoxy) is 1. The largest absolute Gasteiger partial charge is 0.461 e. The van der Waals surface area contributed by atoms with Gasteiger partial charge in [-0.25, -0.2) is 18.7 Å². The quantitative estimate of drug-likeness (QED) is 0.572. The predicted octanol–water partition coefficient (Wildman–Crippen LogP) is 5.53. The highest BCUT2D eigenvalue weighted by Gasteiger charge is 2.24. The standard InChI is InChI=1S/C23H21F2N3O/c1-14(2)29-23-26-12-17(13-27-23)15-6-8-16(9-7-15)20-10-11-21(28-20)22-18(24)4-3-5-19(22)25/h3-9,12-14,20H,10-11H2,1-2H3/t20-/m1/s1. The minimum absolute atomic E-state index is 0.00697. The molecule has 1 aliphatic heterocycles. The van der Waals surface area contributed by atoms with E-state index >= 15 is 0 Å². The Balaban J connectivity index is 1.52. The fourth-order valence-corrected chi connectivity index (χ4v) is 3.43. The lowest BCUT2D eigenvalue weighted by Gasteiger charge is -2.09. The van der Waals surface area contributed by atoms with Crippen LogP contribution in [0.2, 0.25) is 0 Å². The number of halogens is 2. The highest BCUT2D eigenvalue weighted by atomic mass is 19.1. The van der Waals surface area contributed by atoms with Gasteiger partial charge in [-0.15, -0.1) is 0 Å². The molecule has 6 heteroatoms. The van der Waals surface area contributed by atoms with Gasteiger partial charge in [-0.05, 0) is 49.9 Å². The lowest BCUT2D eigenvalue weighted by Crippen LogP contribution is -2.08. The van der Waals surface area contributed by atoms with Gasteiger partial charge in [0, 0.05) is 23.7 Å². The monoisotopic (exact) mass is 393 g/mol. The maximum atomic E-state index is 14.0. The molecule has 0 bridgehead atoms. The lowest BCUT2D eigenvalue weighted by atomic mass is 10.0. The minimum Gasteiger partial charge on any atom is -0.461 e. The van der Waals surface area contributed by atoms with Crippen molar-refractivity contribution >= 4 is 5.71 Å². The van der Waals surface area contributed by atoms with E-state index in [1.54, 1.807) is 12.4 Å². The zero-order valence-corrected chi connectivity index (χ0v) is 16.3. The second-order valence-electron chi connectivity index (χ2n) is 7.27. The van der Waals surface area contributed by atoms with Gasteiger partial charge < -0.3 is 4.74 Å². The summed E-state index contributed by atoms with van der Waals surface area (Å²) in [6.07, 6.45) is 4.76. The van der Waals surface area contributed by atoms with E-state index < -0.39 is 11.6 Å². The third kappa shape index (κ3) is 4.16. The highest BCUT2D eigenvalue weighted by molar-refractivity contribution is 6.02. The van der Waals surface area contributed by atoms with E-state index in [9.17, 15) is 8.78 Å². The number of rotatable bonds is 5. The van der Waals surface area contributed by atoms with Crippen LogP contribution in [0.1, 0.15) is 43.9 Å². The number of nitrogens with zero attached hydrogens (tertiary/aromatic N) is 3. The number of aromatic nitrogens is 2. The Kier molecular flexibility index (Phi) is 5.34. The van der Waals surface area contributed by atoms with Crippen molar-refractivity contribution in [2.45, 2.75) is 38.8 Å². The van der Waals surface area contributed by atoms with Gasteiger partial charge >= 0.3 is 6.01 Å². The summed E-state index contributed by atoms with van der Waals surface area (Å²) >= 11 is 0. The second kappa shape index (κ2) is 8.07. The molecule has 0 N–H and O–H groups in total. The molecule has 2 heterocycles. The molecule has 1 atom stereocenters. The summed E-state index contributed by atoms with van der Waals surface area (Å²) in [7, 11) is 0. The van der Waals surface area contributed by atoms with Gasteiger partial charge in [-0.2, -0.15) is 0 Å². The van der Waals surface area contributed by atoms with Crippen molar-refractivity contribution in [1.82, 2.24) is 9.97 Å². The van der Waals surface area contributed by atoms with Crippen molar-refractivity contribution in [2.75, 3.05) is 0 Å². The van der Waals surface area contributed by atoms with Crippen LogP contribution in [0.15, 0.2) is 59.9 Å². The van der Waals surface area contributed by atoms with Crippen LogP contribution in [-0.4, -0.2) is 21.8 Å². The summed E-state index contributed by atoms with van der Waals surface area (Å²) in [6, 6.07) is 12.1. The highest BCUT2D eigenvalue weighted by Crippen LogP contribution is 2.33. The topological polar surface area (TPSA) is 47.4 Å². The molecule has 0 aliphatic carbocycles. The molecule has 4 rings (SSSR count). The Hall–Kier alpha value is -3.15. The van der Waals surface area contributed by atoms with Gasteiger partial charge in [-0.3, -0.25) is 4.99 Å². The van der Waals surface area contributed by atoms with E-state index in [1.165, 1.54) is 18.2 Å². The first-order chi connectivity index (χ1) is 14.0. The van der Waals surface area contributed by atoms with Crippen LogP contribution in [-0.2, 0) is 0 Å². The van der Waals surface area contributed by atoms with Gasteiger partial charge in [0.2, 0.25) is 0 Å². The molecule has 0 amide bonds. The van der Waals surface area contributed by atoms with E-state index in [0.29, 0.717) is 18.1 Å². The molecule has 0 radical (unpaired) electrons. The molecule has 0 unspecified atom stereocenters. The van der Waals surface area contributed by atoms with Crippen LogP contribution >= 0.6 is 0 Å². The van der Waals surface area contributed by atoms with Gasteiger partial charge in [-0.1, -0.05) is 30.3 Å². The van der Waals surface area contributed by atoms with Crippen LogP contribution in [0.4, 0.5) is 8.78 Å². The Bertz CT molecular complexity index is 1010. The van der Waals surface area contributed by atoms with Crippen LogP contribution in [0.25, 0.3) is 11.1 Å². The molecular weight excluding hydrogens is 372 g/mol. The SMILES string of the molecule is CC(C)Oc1ncc(-c2ccc([C@H]3CCC(c4c(F)cccc4F)=N3)cc2)cn1. The van der Waals surface area contributed by atoms with Crippen molar-refractivity contribution in [3.05, 3.63) is 77.6 Å². The van der Waals surface area contributed by atoms with Crippen molar-refractivity contribution in [3.8, 4) is 17.1 Å². The van der Waals surface area contributed by atoms with E-state index in [1.807, 2.05) is 38.1 Å². The molecule has 1 aliphatic rings. The molecule has 1 aromatic heterocycles. The summed E-state index contributed by atoms with van der Waals surface area (Å²) in [4.78, 5) is 13.0. The number of hydrogen-bond donors (Lipinski definition) is 0. The number of aliphatic imine (C=N–C) groups is 1. The van der Waals surface area contributed by atoms with Crippen molar-refractivity contribution < 1.29 is 13.5 Å². The van der Waals surface area contributed by atoms with Crippen molar-refractivity contribution in [2.24, 2.45) is 4.99 Å². The van der Waals surface area contributed by atoms with Gasteiger partial charge in [0.25, 0.3) is 0 Å². The first kappa shape index (κ1) is 19.2. The first-order valence-corrected chi connectivity index (χ1v) is 9.61. The van der Waals surface area contributed by atoms with Gasteiger partial charge in [0.05, 0.1) is 17.7 Å². The zero-order chi connectivity index (χ0) is 20.4. The fourth-order valence-electron chi connectivity index (χ4n) is 3.43. The summed E-state index contributed by atoms with van der Waals surface area (Å²) in [5.74, 6) is -1.13. The average Bonchev–Trinajstić information content (AvgIpc) is 3.18. The molecular formula is C23H21F2N3O. The Morgan fingerprint density at radius 1 is 0.931 bits per heavy atom. The minimum atomic E-state index is -0.565. The summed E-state index contributed by atoms with van der Waals surface area (Å²) in [6.45, 7) is 3.85. The van der Waals surface area contributed by atoms with Crippen LogP contribution in [0.3, 0.4) is 0 Å². The summed E-state index contributed by atoms with van der Waals surface area (Å²) < 4.78 is 33.5. The first-order valence-electron chi connectivity index (χ1n) is 9.61. The molecule has 0 saturated carbocycles. The zero-order valence-electron chi connectivity index (χ0n) is 16.3. The second-order valence-corrected chi connectivity index (χ2v) is 7.27. The third-order valence-electron chi connectivity index (χ3n) is 4.82. The van der Waals surface area contributed by atoms with Crippen molar-refractivity contribution in [3.63, 3.8) is 0 Å². The van der Waals surface area contributed by atoms with Crippen molar-refractivity contribution in [1.29, 1.82) is 0 Å². The Labute approximate surface area is 168 Å². The smallest absolute Gasteiger partial charge is 0.316 e. The molecule has 0 fully saturated rings. The van der Waals surface area contributed by atoms with Crippen LogP contribution in [0.5, 0.6) is 6.01 Å². The predicted molar refractivity (Wildman–Crippen MR) is 108 cm³/mol. The van der Waals surface area contributed by atoms with Gasteiger partial charge in [0.15, 0.2) is 0 Å². The molecule has 3 aromatic rings. The number of benzene rings is 2. The summed E-state index contributed by atoms with van der Waals surface area (Å²) in [5, 5.41) is 0. The molecule has 148 valence electrons. The molecule has 4 nitrogen and oxygen atoms in total. The maximum Gasteiger partial charge on any atom is 0.316 e. The number of hydrogen-bond acceptors (Lipinski definition) is 4. The van der Waals surface area contributed by atoms with E-state index in [-0.39, 0.29) is 17.7 Å². The maximum absolute atomic E-state index is 14.0. The fraction of sp³-hybridized carbons (Fsp3) is 0.261. The third-order valence-corrected chi connectivity index (χ3v) is 4.82. The Morgan fingerprint density at radius 3 is 2.21 bits per heavy atom. The average molecular weight is 393 g/mol. The molecule has 29 heavy (non-hydrogen) atoms. The Morgan fingerprint density at radius 2 is 1.59 bits per heavy atom. The molecule has 2 aromatic carbocycles. The van der Waals surface area contributed by atoms with Crippen LogP contribution < -0.4 is 4.74 Å². The molecule has 0 saturated heterocycles.